The van der Waals surface area contributed by atoms with Crippen LogP contribution in [0.2, 0.25) is 5.02 Å². The predicted molar refractivity (Wildman–Crippen MR) is 127 cm³/mol. The monoisotopic (exact) mass is 455 g/mol. The number of amides is 1. The first-order chi connectivity index (χ1) is 14.4. The van der Waals surface area contributed by atoms with E-state index in [1.165, 1.54) is 24.3 Å². The van der Waals surface area contributed by atoms with E-state index in [2.05, 4.69) is 20.8 Å². The van der Waals surface area contributed by atoms with Gasteiger partial charge in [0.05, 0.1) is 10.6 Å². The second kappa shape index (κ2) is 8.48. The number of anilines is 1. The summed E-state index contributed by atoms with van der Waals surface area (Å²) in [5.74, 6) is -0.607. The van der Waals surface area contributed by atoms with Crippen molar-refractivity contribution in [2.75, 3.05) is 4.31 Å². The summed E-state index contributed by atoms with van der Waals surface area (Å²) in [6, 6.07) is 18.3. The summed E-state index contributed by atoms with van der Waals surface area (Å²) < 4.78 is 28.1. The van der Waals surface area contributed by atoms with E-state index in [9.17, 15) is 13.2 Å². The Hall–Kier alpha value is -2.63. The van der Waals surface area contributed by atoms with Crippen LogP contribution in [0.25, 0.3) is 0 Å². The van der Waals surface area contributed by atoms with Gasteiger partial charge < -0.3 is 0 Å². The van der Waals surface area contributed by atoms with Crippen LogP contribution in [-0.2, 0) is 15.4 Å². The molecule has 0 fully saturated rings. The molecule has 0 spiro atoms. The first-order valence-corrected chi connectivity index (χ1v) is 11.8. The van der Waals surface area contributed by atoms with Gasteiger partial charge in [-0.3, -0.25) is 4.79 Å². The van der Waals surface area contributed by atoms with Gasteiger partial charge in [-0.05, 0) is 78.4 Å². The molecule has 6 heteroatoms. The summed E-state index contributed by atoms with van der Waals surface area (Å²) in [7, 11) is -4.17. The molecule has 0 bridgehead atoms. The van der Waals surface area contributed by atoms with E-state index in [1.54, 1.807) is 25.1 Å². The molecule has 3 aromatic rings. The van der Waals surface area contributed by atoms with Gasteiger partial charge in [0.2, 0.25) is 0 Å². The lowest BCUT2D eigenvalue weighted by molar-refractivity contribution is 0.100. The molecule has 0 aliphatic rings. The summed E-state index contributed by atoms with van der Waals surface area (Å²) in [6.45, 7) is 9.89. The van der Waals surface area contributed by atoms with E-state index in [0.29, 0.717) is 21.8 Å². The van der Waals surface area contributed by atoms with Crippen LogP contribution in [0.5, 0.6) is 0 Å². The molecule has 162 valence electrons. The summed E-state index contributed by atoms with van der Waals surface area (Å²) in [6.07, 6.45) is 0. The molecule has 0 saturated carbocycles. The van der Waals surface area contributed by atoms with Crippen molar-refractivity contribution in [3.8, 4) is 0 Å². The number of hydrogen-bond acceptors (Lipinski definition) is 3. The highest BCUT2D eigenvalue weighted by atomic mass is 35.5. The zero-order valence-electron chi connectivity index (χ0n) is 18.3. The smallest absolute Gasteiger partial charge is 0.268 e. The number of benzene rings is 3. The summed E-state index contributed by atoms with van der Waals surface area (Å²) in [4.78, 5) is 13.6. The molecular formula is C25H26ClNO3S. The standard InChI is InChI=1S/C25H26ClNO3S/c1-17-6-7-18(2)23(16-17)27(31(29,30)22-14-12-21(26)13-15-22)24(28)19-8-10-20(11-9-19)25(3,4)5/h6-16H,1-5H3. The van der Waals surface area contributed by atoms with Gasteiger partial charge in [-0.15, -0.1) is 0 Å². The third-order valence-electron chi connectivity index (χ3n) is 5.12. The molecule has 1 amide bonds. The van der Waals surface area contributed by atoms with Crippen molar-refractivity contribution in [3.63, 3.8) is 0 Å². The fraction of sp³-hybridized carbons (Fsp3) is 0.240. The second-order valence-corrected chi connectivity index (χ2v) is 10.9. The minimum Gasteiger partial charge on any atom is -0.268 e. The lowest BCUT2D eigenvalue weighted by atomic mass is 9.86. The molecule has 3 rings (SSSR count). The minimum absolute atomic E-state index is 0.00234. The van der Waals surface area contributed by atoms with E-state index in [-0.39, 0.29) is 10.3 Å². The Kier molecular flexibility index (Phi) is 6.30. The van der Waals surface area contributed by atoms with Gasteiger partial charge in [0.1, 0.15) is 0 Å². The fourth-order valence-electron chi connectivity index (χ4n) is 3.23. The molecule has 0 aliphatic heterocycles. The molecule has 3 aromatic carbocycles. The molecular weight excluding hydrogens is 430 g/mol. The molecule has 0 N–H and O–H groups in total. The average molecular weight is 456 g/mol. The molecule has 0 unspecified atom stereocenters. The van der Waals surface area contributed by atoms with E-state index >= 15 is 0 Å². The molecule has 0 atom stereocenters. The average Bonchev–Trinajstić information content (AvgIpc) is 2.70. The molecule has 0 aromatic heterocycles. The zero-order valence-corrected chi connectivity index (χ0v) is 19.9. The van der Waals surface area contributed by atoms with Crippen LogP contribution in [0.3, 0.4) is 0 Å². The van der Waals surface area contributed by atoms with Gasteiger partial charge in [-0.25, -0.2) is 8.42 Å². The highest BCUT2D eigenvalue weighted by molar-refractivity contribution is 7.93. The zero-order chi connectivity index (χ0) is 23.0. The largest absolute Gasteiger partial charge is 0.272 e. The van der Waals surface area contributed by atoms with Crippen LogP contribution in [0, 0.1) is 13.8 Å². The van der Waals surface area contributed by atoms with Crippen LogP contribution in [0.4, 0.5) is 5.69 Å². The Morgan fingerprint density at radius 3 is 2.00 bits per heavy atom. The maximum absolute atomic E-state index is 13.6. The number of carbonyl (C=O) groups excluding carboxylic acids is 1. The SMILES string of the molecule is Cc1ccc(C)c(N(C(=O)c2ccc(C(C)(C)C)cc2)S(=O)(=O)c2ccc(Cl)cc2)c1. The molecule has 0 aliphatic carbocycles. The van der Waals surface area contributed by atoms with Gasteiger partial charge in [-0.2, -0.15) is 4.31 Å². The molecule has 0 heterocycles. The predicted octanol–water partition coefficient (Wildman–Crippen LogP) is 6.29. The van der Waals surface area contributed by atoms with Crippen molar-refractivity contribution in [1.82, 2.24) is 0 Å². The van der Waals surface area contributed by atoms with E-state index in [4.69, 9.17) is 11.6 Å². The summed E-state index contributed by atoms with van der Waals surface area (Å²) >= 11 is 5.94. The van der Waals surface area contributed by atoms with Crippen LogP contribution in [0.1, 0.15) is 47.8 Å². The van der Waals surface area contributed by atoms with Crippen molar-refractivity contribution in [2.24, 2.45) is 0 Å². The number of halogens is 1. The van der Waals surface area contributed by atoms with Gasteiger partial charge >= 0.3 is 0 Å². The number of aryl methyl sites for hydroxylation is 2. The van der Waals surface area contributed by atoms with E-state index in [1.807, 2.05) is 31.2 Å². The number of hydrogen-bond donors (Lipinski definition) is 0. The van der Waals surface area contributed by atoms with Crippen LogP contribution in [-0.4, -0.2) is 14.3 Å². The van der Waals surface area contributed by atoms with E-state index in [0.717, 1.165) is 15.4 Å². The summed E-state index contributed by atoms with van der Waals surface area (Å²) in [5.41, 5.74) is 3.15. The Labute approximate surface area is 189 Å². The lowest BCUT2D eigenvalue weighted by Crippen LogP contribution is -2.37. The minimum atomic E-state index is -4.17. The fourth-order valence-corrected chi connectivity index (χ4v) is 4.82. The Balaban J connectivity index is 2.17. The van der Waals surface area contributed by atoms with Crippen LogP contribution in [0.15, 0.2) is 71.6 Å². The Morgan fingerprint density at radius 1 is 0.871 bits per heavy atom. The van der Waals surface area contributed by atoms with Crippen molar-refractivity contribution >= 4 is 33.2 Å². The number of carbonyl (C=O) groups is 1. The Bertz CT molecular complexity index is 1210. The Morgan fingerprint density at radius 2 is 1.45 bits per heavy atom. The van der Waals surface area contributed by atoms with Crippen molar-refractivity contribution in [3.05, 3.63) is 94.0 Å². The van der Waals surface area contributed by atoms with Crippen molar-refractivity contribution in [2.45, 2.75) is 44.9 Å². The first-order valence-electron chi connectivity index (χ1n) is 9.94. The number of sulfonamides is 1. The highest BCUT2D eigenvalue weighted by Crippen LogP contribution is 2.31. The van der Waals surface area contributed by atoms with Crippen LogP contribution >= 0.6 is 11.6 Å². The van der Waals surface area contributed by atoms with Gasteiger partial charge in [0, 0.05) is 10.6 Å². The molecule has 0 saturated heterocycles. The quantitative estimate of drug-likeness (QED) is 0.464. The normalized spacial score (nSPS) is 11.9. The lowest BCUT2D eigenvalue weighted by Gasteiger charge is -2.25. The maximum Gasteiger partial charge on any atom is 0.272 e. The highest BCUT2D eigenvalue weighted by Gasteiger charge is 2.33. The molecule has 4 nitrogen and oxygen atoms in total. The molecule has 31 heavy (non-hydrogen) atoms. The third-order valence-corrected chi connectivity index (χ3v) is 7.08. The van der Waals surface area contributed by atoms with Crippen molar-refractivity contribution in [1.29, 1.82) is 0 Å². The number of rotatable bonds is 4. The third kappa shape index (κ3) is 4.83. The van der Waals surface area contributed by atoms with Crippen LogP contribution < -0.4 is 4.31 Å². The first kappa shape index (κ1) is 23.0. The summed E-state index contributed by atoms with van der Waals surface area (Å²) in [5, 5.41) is 0.418. The maximum atomic E-state index is 13.6. The molecule has 0 radical (unpaired) electrons. The topological polar surface area (TPSA) is 54.5 Å². The van der Waals surface area contributed by atoms with E-state index < -0.39 is 15.9 Å². The number of nitrogens with zero attached hydrogens (tertiary/aromatic N) is 1. The van der Waals surface area contributed by atoms with Gasteiger partial charge in [-0.1, -0.05) is 56.6 Å². The van der Waals surface area contributed by atoms with Gasteiger partial charge in [0.25, 0.3) is 15.9 Å². The van der Waals surface area contributed by atoms with Crippen molar-refractivity contribution < 1.29 is 13.2 Å². The van der Waals surface area contributed by atoms with Gasteiger partial charge in [0.15, 0.2) is 0 Å². The second-order valence-electron chi connectivity index (χ2n) is 8.65.